The summed E-state index contributed by atoms with van der Waals surface area (Å²) in [5, 5.41) is 0. The lowest BCUT2D eigenvalue weighted by Gasteiger charge is -2.28. The Morgan fingerprint density at radius 2 is 1.88 bits per heavy atom. The predicted octanol–water partition coefficient (Wildman–Crippen LogP) is 3.34. The van der Waals surface area contributed by atoms with Crippen molar-refractivity contribution in [3.05, 3.63) is 40.3 Å². The summed E-state index contributed by atoms with van der Waals surface area (Å²) in [6.07, 6.45) is 1.94. The van der Waals surface area contributed by atoms with Gasteiger partial charge in [-0.25, -0.2) is 0 Å². The van der Waals surface area contributed by atoms with E-state index in [4.69, 9.17) is 17.0 Å². The number of carbonyl (C=O) groups excluding carboxylic acids is 1. The summed E-state index contributed by atoms with van der Waals surface area (Å²) in [6.45, 7) is 9.22. The Morgan fingerprint density at radius 1 is 1.20 bits per heavy atom. The summed E-state index contributed by atoms with van der Waals surface area (Å²) in [7, 11) is 0. The predicted molar refractivity (Wildman–Crippen MR) is 108 cm³/mol. The third-order valence-corrected chi connectivity index (χ3v) is 5.90. The van der Waals surface area contributed by atoms with Crippen molar-refractivity contribution in [2.45, 2.75) is 19.8 Å². The molecule has 3 rings (SSSR count). The molecule has 0 unspecified atom stereocenters. The molecule has 0 atom stereocenters. The first-order valence-electron chi connectivity index (χ1n) is 8.70. The van der Waals surface area contributed by atoms with Gasteiger partial charge in [-0.1, -0.05) is 62.1 Å². The molecule has 2 saturated heterocycles. The summed E-state index contributed by atoms with van der Waals surface area (Å²) >= 11 is 6.82. The molecule has 0 N–H and O–H groups in total. The van der Waals surface area contributed by atoms with Crippen LogP contribution >= 0.6 is 24.0 Å². The Balaban J connectivity index is 1.63. The van der Waals surface area contributed by atoms with Gasteiger partial charge in [0.15, 0.2) is 0 Å². The average Bonchev–Trinajstić information content (AvgIpc) is 2.88. The van der Waals surface area contributed by atoms with Crippen LogP contribution in [0.4, 0.5) is 0 Å². The van der Waals surface area contributed by atoms with E-state index in [2.05, 4.69) is 43.0 Å². The summed E-state index contributed by atoms with van der Waals surface area (Å²) in [4.78, 5) is 17.4. The first-order valence-corrected chi connectivity index (χ1v) is 9.92. The number of benzene rings is 1. The molecule has 1 aromatic rings. The first kappa shape index (κ1) is 18.6. The summed E-state index contributed by atoms with van der Waals surface area (Å²) in [6, 6.07) is 8.37. The van der Waals surface area contributed by atoms with Crippen molar-refractivity contribution >= 4 is 40.3 Å². The maximum absolute atomic E-state index is 12.7. The third kappa shape index (κ3) is 4.70. The van der Waals surface area contributed by atoms with Crippen molar-refractivity contribution in [3.8, 4) is 0 Å². The van der Waals surface area contributed by atoms with E-state index in [-0.39, 0.29) is 5.91 Å². The van der Waals surface area contributed by atoms with Gasteiger partial charge in [0, 0.05) is 26.2 Å². The number of hydrogen-bond acceptors (Lipinski definition) is 5. The highest BCUT2D eigenvalue weighted by Gasteiger charge is 2.32. The molecule has 2 fully saturated rings. The number of carbonyl (C=O) groups is 1. The van der Waals surface area contributed by atoms with E-state index in [0.29, 0.717) is 21.7 Å². The number of amides is 1. The van der Waals surface area contributed by atoms with Gasteiger partial charge >= 0.3 is 0 Å². The number of ether oxygens (including phenoxy) is 1. The lowest BCUT2D eigenvalue weighted by atomic mass is 10.0. The number of nitrogens with zero attached hydrogens (tertiary/aromatic N) is 2. The quantitative estimate of drug-likeness (QED) is 0.581. The maximum atomic E-state index is 12.7. The molecule has 0 spiro atoms. The summed E-state index contributed by atoms with van der Waals surface area (Å²) in [5.74, 6) is 0.531. The van der Waals surface area contributed by atoms with Gasteiger partial charge in [-0.2, -0.15) is 0 Å². The largest absolute Gasteiger partial charge is 0.379 e. The summed E-state index contributed by atoms with van der Waals surface area (Å²) in [5.41, 5.74) is 2.34. The molecule has 1 amide bonds. The van der Waals surface area contributed by atoms with Crippen LogP contribution in [0.3, 0.4) is 0 Å². The Kier molecular flexibility index (Phi) is 6.28. The third-order valence-electron chi connectivity index (χ3n) is 4.52. The van der Waals surface area contributed by atoms with Gasteiger partial charge < -0.3 is 4.74 Å². The van der Waals surface area contributed by atoms with Crippen LogP contribution in [0.2, 0.25) is 0 Å². The van der Waals surface area contributed by atoms with E-state index >= 15 is 0 Å². The highest BCUT2D eigenvalue weighted by Crippen LogP contribution is 2.32. The van der Waals surface area contributed by atoms with Crippen molar-refractivity contribution < 1.29 is 9.53 Å². The van der Waals surface area contributed by atoms with Gasteiger partial charge in [-0.15, -0.1) is 0 Å². The van der Waals surface area contributed by atoms with E-state index in [9.17, 15) is 4.79 Å². The fourth-order valence-corrected chi connectivity index (χ4v) is 4.20. The first-order chi connectivity index (χ1) is 12.0. The van der Waals surface area contributed by atoms with Crippen molar-refractivity contribution in [1.82, 2.24) is 9.80 Å². The second kappa shape index (κ2) is 8.45. The van der Waals surface area contributed by atoms with E-state index in [1.54, 1.807) is 4.90 Å². The zero-order valence-electron chi connectivity index (χ0n) is 14.7. The van der Waals surface area contributed by atoms with Crippen molar-refractivity contribution in [1.29, 1.82) is 0 Å². The Morgan fingerprint density at radius 3 is 2.52 bits per heavy atom. The van der Waals surface area contributed by atoms with Crippen LogP contribution in [-0.4, -0.2) is 59.4 Å². The molecular weight excluding hydrogens is 352 g/mol. The van der Waals surface area contributed by atoms with E-state index in [1.165, 1.54) is 17.3 Å². The van der Waals surface area contributed by atoms with E-state index in [1.807, 2.05) is 6.08 Å². The number of thioether (sulfide) groups is 1. The van der Waals surface area contributed by atoms with E-state index < -0.39 is 0 Å². The van der Waals surface area contributed by atoms with Gasteiger partial charge in [-0.05, 0) is 23.1 Å². The molecule has 1 aromatic carbocycles. The molecule has 0 saturated carbocycles. The number of thiocarbonyl (C=S) groups is 1. The fraction of sp³-hybridized carbons (Fsp3) is 0.474. The summed E-state index contributed by atoms with van der Waals surface area (Å²) < 4.78 is 6.01. The molecule has 0 radical (unpaired) electrons. The minimum atomic E-state index is 0.0243. The molecule has 0 aromatic heterocycles. The van der Waals surface area contributed by atoms with Crippen LogP contribution in [0.1, 0.15) is 30.9 Å². The normalized spacial score (nSPS) is 20.9. The SMILES string of the molecule is CC(C)c1ccc(/C=C2\SC(=S)N(CCN3CCOCC3)C2=O)cc1. The number of rotatable bonds is 5. The van der Waals surface area contributed by atoms with Gasteiger partial charge in [0.2, 0.25) is 0 Å². The smallest absolute Gasteiger partial charge is 0.266 e. The second-order valence-electron chi connectivity index (χ2n) is 6.61. The lowest BCUT2D eigenvalue weighted by Crippen LogP contribution is -2.42. The standard InChI is InChI=1S/C19H24N2O2S2/c1-14(2)16-5-3-15(4-6-16)13-17-18(22)21(19(24)25-17)8-7-20-9-11-23-12-10-20/h3-6,13-14H,7-12H2,1-2H3/b17-13-. The number of hydrogen-bond donors (Lipinski definition) is 0. The minimum absolute atomic E-state index is 0.0243. The highest BCUT2D eigenvalue weighted by atomic mass is 32.2. The Hall–Kier alpha value is -1.21. The van der Waals surface area contributed by atoms with Gasteiger partial charge in [-0.3, -0.25) is 14.6 Å². The van der Waals surface area contributed by atoms with Crippen LogP contribution < -0.4 is 0 Å². The van der Waals surface area contributed by atoms with Crippen molar-refractivity contribution in [2.75, 3.05) is 39.4 Å². The molecule has 0 bridgehead atoms. The monoisotopic (exact) mass is 376 g/mol. The van der Waals surface area contributed by atoms with Crippen LogP contribution in [-0.2, 0) is 9.53 Å². The molecule has 134 valence electrons. The average molecular weight is 377 g/mol. The van der Waals surface area contributed by atoms with Crippen LogP contribution in [0, 0.1) is 0 Å². The maximum Gasteiger partial charge on any atom is 0.266 e. The molecule has 4 nitrogen and oxygen atoms in total. The molecule has 2 aliphatic rings. The zero-order chi connectivity index (χ0) is 17.8. The topological polar surface area (TPSA) is 32.8 Å². The van der Waals surface area contributed by atoms with Gasteiger partial charge in [0.1, 0.15) is 4.32 Å². The molecular formula is C19H24N2O2S2. The Labute approximate surface area is 159 Å². The van der Waals surface area contributed by atoms with Crippen LogP contribution in [0.5, 0.6) is 0 Å². The molecule has 2 aliphatic heterocycles. The fourth-order valence-electron chi connectivity index (χ4n) is 2.89. The minimum Gasteiger partial charge on any atom is -0.379 e. The number of morpholine rings is 1. The highest BCUT2D eigenvalue weighted by molar-refractivity contribution is 8.26. The second-order valence-corrected chi connectivity index (χ2v) is 8.28. The van der Waals surface area contributed by atoms with E-state index in [0.717, 1.165) is 38.4 Å². The van der Waals surface area contributed by atoms with Crippen molar-refractivity contribution in [3.63, 3.8) is 0 Å². The van der Waals surface area contributed by atoms with Gasteiger partial charge in [0.05, 0.1) is 18.1 Å². The molecule has 0 aliphatic carbocycles. The van der Waals surface area contributed by atoms with Crippen LogP contribution in [0.25, 0.3) is 6.08 Å². The van der Waals surface area contributed by atoms with Crippen molar-refractivity contribution in [2.24, 2.45) is 0 Å². The zero-order valence-corrected chi connectivity index (χ0v) is 16.4. The van der Waals surface area contributed by atoms with Crippen LogP contribution in [0.15, 0.2) is 29.2 Å². The molecule has 6 heteroatoms. The molecule has 2 heterocycles. The Bertz CT molecular complexity index is 665. The van der Waals surface area contributed by atoms with Gasteiger partial charge in [0.25, 0.3) is 5.91 Å². The lowest BCUT2D eigenvalue weighted by molar-refractivity contribution is -0.122. The molecule has 25 heavy (non-hydrogen) atoms.